The van der Waals surface area contributed by atoms with Crippen LogP contribution in [0.5, 0.6) is 0 Å². The van der Waals surface area contributed by atoms with E-state index in [2.05, 4.69) is 29.0 Å². The number of anilines is 1. The van der Waals surface area contributed by atoms with Crippen molar-refractivity contribution in [2.24, 2.45) is 0 Å². The zero-order valence-corrected chi connectivity index (χ0v) is 14.3. The molecule has 5 nitrogen and oxygen atoms in total. The Balaban J connectivity index is 1.84. The Morgan fingerprint density at radius 3 is 2.67 bits per heavy atom. The van der Waals surface area contributed by atoms with Crippen LogP contribution >= 0.6 is 0 Å². The standard InChI is InChI=1S/C19H23N3O2/c1-12(2)22-11-10-14(13(22)3)19(24)21-16-7-5-4-6-15(16)17-8-9-18(23)20-17/h4-7,10-12,17H,8-9H2,1-3H3,(H,20,23)(H,21,24). The summed E-state index contributed by atoms with van der Waals surface area (Å²) in [6.07, 6.45) is 3.23. The first-order valence-electron chi connectivity index (χ1n) is 8.34. The molecule has 1 aromatic heterocycles. The number of aromatic nitrogens is 1. The highest BCUT2D eigenvalue weighted by atomic mass is 16.2. The summed E-state index contributed by atoms with van der Waals surface area (Å²) >= 11 is 0. The predicted molar refractivity (Wildman–Crippen MR) is 94.1 cm³/mol. The molecule has 1 unspecified atom stereocenters. The first-order valence-corrected chi connectivity index (χ1v) is 8.34. The SMILES string of the molecule is Cc1c(C(=O)Nc2ccccc2C2CCC(=O)N2)ccn1C(C)C. The summed E-state index contributed by atoms with van der Waals surface area (Å²) in [5.74, 6) is -0.0605. The number of carbonyl (C=O) groups is 2. The lowest BCUT2D eigenvalue weighted by Gasteiger charge is -2.16. The van der Waals surface area contributed by atoms with Crippen molar-refractivity contribution in [3.05, 3.63) is 53.3 Å². The average Bonchev–Trinajstić information content (AvgIpc) is 3.13. The summed E-state index contributed by atoms with van der Waals surface area (Å²) in [5, 5.41) is 5.97. The highest BCUT2D eigenvalue weighted by molar-refractivity contribution is 6.05. The topological polar surface area (TPSA) is 63.1 Å². The van der Waals surface area contributed by atoms with Gasteiger partial charge in [-0.3, -0.25) is 9.59 Å². The molecule has 2 amide bonds. The van der Waals surface area contributed by atoms with Crippen LogP contribution < -0.4 is 10.6 Å². The smallest absolute Gasteiger partial charge is 0.257 e. The first kappa shape index (κ1) is 16.3. The van der Waals surface area contributed by atoms with Gasteiger partial charge in [0.25, 0.3) is 5.91 Å². The van der Waals surface area contributed by atoms with Crippen molar-refractivity contribution < 1.29 is 9.59 Å². The molecule has 1 aliphatic rings. The zero-order valence-electron chi connectivity index (χ0n) is 14.3. The fourth-order valence-electron chi connectivity index (χ4n) is 3.28. The Morgan fingerprint density at radius 2 is 2.04 bits per heavy atom. The molecule has 2 heterocycles. The van der Waals surface area contributed by atoms with Gasteiger partial charge >= 0.3 is 0 Å². The van der Waals surface area contributed by atoms with Gasteiger partial charge in [-0.05, 0) is 44.9 Å². The maximum atomic E-state index is 12.7. The van der Waals surface area contributed by atoms with E-state index in [1.165, 1.54) is 0 Å². The largest absolute Gasteiger partial charge is 0.349 e. The zero-order chi connectivity index (χ0) is 17.3. The summed E-state index contributed by atoms with van der Waals surface area (Å²) in [7, 11) is 0. The monoisotopic (exact) mass is 325 g/mol. The molecule has 1 aromatic carbocycles. The van der Waals surface area contributed by atoms with Crippen LogP contribution in [-0.2, 0) is 4.79 Å². The van der Waals surface area contributed by atoms with E-state index in [-0.39, 0.29) is 17.9 Å². The molecule has 5 heteroatoms. The number of para-hydroxylation sites is 1. The fraction of sp³-hybridized carbons (Fsp3) is 0.368. The number of rotatable bonds is 4. The first-order chi connectivity index (χ1) is 11.5. The van der Waals surface area contributed by atoms with Gasteiger partial charge in [-0.1, -0.05) is 18.2 Å². The van der Waals surface area contributed by atoms with Gasteiger partial charge in [-0.15, -0.1) is 0 Å². The van der Waals surface area contributed by atoms with Gasteiger partial charge in [0.1, 0.15) is 0 Å². The maximum absolute atomic E-state index is 12.7. The molecular formula is C19H23N3O2. The molecule has 1 aliphatic heterocycles. The van der Waals surface area contributed by atoms with Crippen LogP contribution in [0.2, 0.25) is 0 Å². The van der Waals surface area contributed by atoms with Gasteiger partial charge in [0, 0.05) is 30.0 Å². The average molecular weight is 325 g/mol. The molecule has 1 atom stereocenters. The van der Waals surface area contributed by atoms with E-state index < -0.39 is 0 Å². The molecule has 2 aromatic rings. The van der Waals surface area contributed by atoms with E-state index in [0.717, 1.165) is 23.4 Å². The predicted octanol–water partition coefficient (Wildman–Crippen LogP) is 3.58. The minimum atomic E-state index is -0.122. The maximum Gasteiger partial charge on any atom is 0.257 e. The number of nitrogens with zero attached hydrogens (tertiary/aromatic N) is 1. The molecule has 1 fully saturated rings. The third-order valence-corrected chi connectivity index (χ3v) is 4.56. The summed E-state index contributed by atoms with van der Waals surface area (Å²) in [6.45, 7) is 6.14. The lowest BCUT2D eigenvalue weighted by atomic mass is 10.0. The van der Waals surface area contributed by atoms with E-state index in [4.69, 9.17) is 0 Å². The summed E-state index contributed by atoms with van der Waals surface area (Å²) in [4.78, 5) is 24.2. The van der Waals surface area contributed by atoms with Gasteiger partial charge in [0.15, 0.2) is 0 Å². The Kier molecular flexibility index (Phi) is 4.42. The van der Waals surface area contributed by atoms with Crippen LogP contribution in [-0.4, -0.2) is 16.4 Å². The summed E-state index contributed by atoms with van der Waals surface area (Å²) in [6, 6.07) is 9.79. The molecule has 3 rings (SSSR count). The Hall–Kier alpha value is -2.56. The lowest BCUT2D eigenvalue weighted by molar-refractivity contribution is -0.119. The van der Waals surface area contributed by atoms with E-state index in [1.807, 2.05) is 43.5 Å². The summed E-state index contributed by atoms with van der Waals surface area (Å²) in [5.41, 5.74) is 3.34. The second-order valence-electron chi connectivity index (χ2n) is 6.52. The van der Waals surface area contributed by atoms with Crippen LogP contribution in [0.3, 0.4) is 0 Å². The number of amides is 2. The quantitative estimate of drug-likeness (QED) is 0.902. The second-order valence-corrected chi connectivity index (χ2v) is 6.52. The van der Waals surface area contributed by atoms with Crippen LogP contribution in [0.4, 0.5) is 5.69 Å². The van der Waals surface area contributed by atoms with Crippen molar-refractivity contribution in [2.45, 2.75) is 45.7 Å². The van der Waals surface area contributed by atoms with Crippen molar-refractivity contribution in [3.8, 4) is 0 Å². The van der Waals surface area contributed by atoms with E-state index in [1.54, 1.807) is 0 Å². The lowest BCUT2D eigenvalue weighted by Crippen LogP contribution is -2.21. The molecule has 0 radical (unpaired) electrons. The summed E-state index contributed by atoms with van der Waals surface area (Å²) < 4.78 is 2.08. The molecule has 0 bridgehead atoms. The van der Waals surface area contributed by atoms with Crippen LogP contribution in [0, 0.1) is 6.92 Å². The van der Waals surface area contributed by atoms with Crippen molar-refractivity contribution in [2.75, 3.05) is 5.32 Å². The highest BCUT2D eigenvalue weighted by Crippen LogP contribution is 2.30. The van der Waals surface area contributed by atoms with E-state index >= 15 is 0 Å². The van der Waals surface area contributed by atoms with Gasteiger partial charge < -0.3 is 15.2 Å². The third kappa shape index (κ3) is 3.07. The molecule has 126 valence electrons. The van der Waals surface area contributed by atoms with Crippen LogP contribution in [0.15, 0.2) is 36.5 Å². The van der Waals surface area contributed by atoms with Crippen molar-refractivity contribution >= 4 is 17.5 Å². The minimum Gasteiger partial charge on any atom is -0.349 e. The normalized spacial score (nSPS) is 17.2. The van der Waals surface area contributed by atoms with Gasteiger partial charge in [-0.25, -0.2) is 0 Å². The Bertz CT molecular complexity index is 777. The van der Waals surface area contributed by atoms with Crippen LogP contribution in [0.25, 0.3) is 0 Å². The molecular weight excluding hydrogens is 302 g/mol. The molecule has 1 saturated heterocycles. The Labute approximate surface area is 142 Å². The Morgan fingerprint density at radius 1 is 1.29 bits per heavy atom. The third-order valence-electron chi connectivity index (χ3n) is 4.56. The number of hydrogen-bond acceptors (Lipinski definition) is 2. The van der Waals surface area contributed by atoms with E-state index in [9.17, 15) is 9.59 Å². The highest BCUT2D eigenvalue weighted by Gasteiger charge is 2.25. The molecule has 24 heavy (non-hydrogen) atoms. The van der Waals surface area contributed by atoms with Crippen molar-refractivity contribution in [3.63, 3.8) is 0 Å². The number of carbonyl (C=O) groups excluding carboxylic acids is 2. The van der Waals surface area contributed by atoms with E-state index in [0.29, 0.717) is 18.0 Å². The fourth-order valence-corrected chi connectivity index (χ4v) is 3.28. The van der Waals surface area contributed by atoms with Crippen LogP contribution in [0.1, 0.15) is 60.4 Å². The van der Waals surface area contributed by atoms with Gasteiger partial charge in [0.2, 0.25) is 5.91 Å². The molecule has 2 N–H and O–H groups in total. The minimum absolute atomic E-state index is 0.0321. The number of hydrogen-bond donors (Lipinski definition) is 2. The number of nitrogens with one attached hydrogen (secondary N) is 2. The number of benzene rings is 1. The molecule has 0 aliphatic carbocycles. The molecule has 0 spiro atoms. The van der Waals surface area contributed by atoms with Crippen molar-refractivity contribution in [1.29, 1.82) is 0 Å². The van der Waals surface area contributed by atoms with Gasteiger partial charge in [0.05, 0.1) is 11.6 Å². The van der Waals surface area contributed by atoms with Crippen molar-refractivity contribution in [1.82, 2.24) is 9.88 Å². The molecule has 0 saturated carbocycles. The second kappa shape index (κ2) is 6.51. The van der Waals surface area contributed by atoms with Gasteiger partial charge in [-0.2, -0.15) is 0 Å².